The molecule has 7 aromatic rings. The van der Waals surface area contributed by atoms with Crippen LogP contribution < -0.4 is 5.11 Å². The number of halogens is 2. The number of carbonyl (C=O) groups excluding carboxylic acids is 1. The number of nitrogens with zero attached hydrogens (tertiary/aromatic N) is 6. The van der Waals surface area contributed by atoms with Crippen molar-refractivity contribution in [2.24, 2.45) is 0 Å². The zero-order valence-electron chi connectivity index (χ0n) is 25.9. The number of aryl methyl sites for hydroxylation is 1. The third kappa shape index (κ3) is 9.15. The van der Waals surface area contributed by atoms with Gasteiger partial charge < -0.3 is 18.9 Å². The molecule has 0 atom stereocenters. The zero-order valence-corrected chi connectivity index (χ0v) is 28.4. The van der Waals surface area contributed by atoms with Crippen LogP contribution in [-0.2, 0) is 17.1 Å². The predicted octanol–water partition coefficient (Wildman–Crippen LogP) is 7.24. The summed E-state index contributed by atoms with van der Waals surface area (Å²) in [6.07, 6.45) is 6.61. The average Bonchev–Trinajstić information content (AvgIpc) is 3.91. The normalized spacial score (nSPS) is 10.2. The number of rotatable bonds is 7. The van der Waals surface area contributed by atoms with E-state index in [2.05, 4.69) is 36.4 Å². The van der Waals surface area contributed by atoms with Gasteiger partial charge in [-0.3, -0.25) is 4.79 Å². The first-order valence-corrected chi connectivity index (χ1v) is 15.9. The van der Waals surface area contributed by atoms with Gasteiger partial charge in [-0.25, -0.2) is 15.3 Å². The standard InChI is InChI=1S/C27H22BN6.C8H8O2.CH2Cl2.Cu/c1-4-10-22(11-5-1)25-16-19-32(29-25)28(33-20-17-26(30-33)23-12-6-2-7-13-23)34-21-18-27(31-34)24-14-8-3-9-15-24;1-6-2-3-8(10)7(4-6)5-9;2-1-3;/h1-21,28H;2-5,10H,1H3;1H2;/q-1;;;+2/p-1. The Hall–Kier alpha value is -4.86. The minimum atomic E-state index is -1.48. The molecule has 0 saturated heterocycles. The van der Waals surface area contributed by atoms with Crippen LogP contribution in [0.3, 0.4) is 0 Å². The van der Waals surface area contributed by atoms with Gasteiger partial charge in [-0.15, -0.1) is 23.2 Å². The predicted molar refractivity (Wildman–Crippen MR) is 189 cm³/mol. The smallest absolute Gasteiger partial charge is 0.872 e. The first kappa shape index (κ1) is 36.0. The van der Waals surface area contributed by atoms with Crippen LogP contribution >= 0.6 is 23.2 Å². The molecular formula is C36H31BCl2CuN6O2. The Morgan fingerprint density at radius 2 is 0.979 bits per heavy atom. The molecule has 0 aliphatic rings. The molecule has 3 heterocycles. The minimum Gasteiger partial charge on any atom is -0.872 e. The van der Waals surface area contributed by atoms with Gasteiger partial charge in [0.25, 0.3) is 0 Å². The molecule has 0 N–H and O–H groups in total. The molecule has 0 fully saturated rings. The van der Waals surface area contributed by atoms with Gasteiger partial charge in [0.15, 0.2) is 0 Å². The van der Waals surface area contributed by atoms with Gasteiger partial charge in [0.2, 0.25) is 0 Å². The van der Waals surface area contributed by atoms with Gasteiger partial charge in [-0.05, 0) is 49.8 Å². The molecular weight excluding hydrogens is 694 g/mol. The number of benzene rings is 4. The van der Waals surface area contributed by atoms with Crippen LogP contribution in [0.5, 0.6) is 5.75 Å². The van der Waals surface area contributed by atoms with Gasteiger partial charge in [0.05, 0.1) is 22.4 Å². The summed E-state index contributed by atoms with van der Waals surface area (Å²) in [6, 6.07) is 41.4. The van der Waals surface area contributed by atoms with E-state index in [9.17, 15) is 9.90 Å². The molecule has 7 rings (SSSR count). The number of carbonyl (C=O) groups is 1. The van der Waals surface area contributed by atoms with Crippen LogP contribution in [0.25, 0.3) is 33.8 Å². The van der Waals surface area contributed by atoms with E-state index in [0.29, 0.717) is 6.29 Å². The monoisotopic (exact) mass is 723 g/mol. The van der Waals surface area contributed by atoms with Gasteiger partial charge >= 0.3 is 24.2 Å². The van der Waals surface area contributed by atoms with Gasteiger partial charge in [0.1, 0.15) is 6.29 Å². The molecule has 0 saturated carbocycles. The van der Waals surface area contributed by atoms with Crippen LogP contribution in [0.1, 0.15) is 15.9 Å². The molecule has 245 valence electrons. The van der Waals surface area contributed by atoms with Crippen molar-refractivity contribution in [3.63, 3.8) is 0 Å². The zero-order chi connectivity index (χ0) is 33.0. The summed E-state index contributed by atoms with van der Waals surface area (Å²) in [5.41, 5.74) is 7.17. The number of aromatic nitrogens is 6. The van der Waals surface area contributed by atoms with E-state index in [1.807, 2.05) is 112 Å². The maximum absolute atomic E-state index is 10.8. The Morgan fingerprint density at radius 3 is 1.29 bits per heavy atom. The maximum Gasteiger partial charge on any atom is 2.00 e. The van der Waals surface area contributed by atoms with Gasteiger partial charge in [-0.2, -0.15) is 0 Å². The molecule has 3 aromatic heterocycles. The second-order valence-electron chi connectivity index (χ2n) is 10.5. The van der Waals surface area contributed by atoms with E-state index in [1.165, 1.54) is 6.07 Å². The Labute approximate surface area is 300 Å². The topological polar surface area (TPSA) is 93.6 Å². The number of hydrogen-bond acceptors (Lipinski definition) is 5. The van der Waals surface area contributed by atoms with E-state index < -0.39 is 7.12 Å². The largest absolute Gasteiger partial charge is 2.00 e. The summed E-state index contributed by atoms with van der Waals surface area (Å²) in [5.74, 6) is -0.208. The van der Waals surface area contributed by atoms with Crippen LogP contribution in [0.4, 0.5) is 0 Å². The molecule has 48 heavy (non-hydrogen) atoms. The molecule has 0 aliphatic heterocycles. The first-order valence-electron chi connectivity index (χ1n) is 14.8. The van der Waals surface area contributed by atoms with Crippen molar-refractivity contribution in [2.45, 2.75) is 6.92 Å². The minimum absolute atomic E-state index is 0. The maximum atomic E-state index is 10.8. The molecule has 0 amide bonds. The Morgan fingerprint density at radius 1 is 0.625 bits per heavy atom. The summed E-state index contributed by atoms with van der Waals surface area (Å²) < 4.78 is 5.93. The number of hydrogen-bond donors (Lipinski definition) is 0. The summed E-state index contributed by atoms with van der Waals surface area (Å²) in [7, 11) is -1.48. The number of aldehydes is 1. The first-order chi connectivity index (χ1) is 23.0. The summed E-state index contributed by atoms with van der Waals surface area (Å²) in [6.45, 7) is 1.84. The van der Waals surface area contributed by atoms with E-state index >= 15 is 0 Å². The Balaban J connectivity index is 0.000000316. The third-order valence-electron chi connectivity index (χ3n) is 7.29. The van der Waals surface area contributed by atoms with E-state index in [0.717, 1.165) is 39.3 Å². The molecule has 0 bridgehead atoms. The fraction of sp³-hybridized carbons (Fsp3) is 0.0556. The second kappa shape index (κ2) is 17.9. The van der Waals surface area contributed by atoms with Crippen LogP contribution in [0.2, 0.25) is 0 Å². The summed E-state index contributed by atoms with van der Waals surface area (Å²) in [4.78, 5) is 10.2. The fourth-order valence-electron chi connectivity index (χ4n) is 5.05. The van der Waals surface area contributed by atoms with Crippen molar-refractivity contribution in [3.05, 3.63) is 157 Å². The molecule has 1 radical (unpaired) electrons. The van der Waals surface area contributed by atoms with Crippen molar-refractivity contribution in [1.29, 1.82) is 0 Å². The van der Waals surface area contributed by atoms with Crippen LogP contribution in [0.15, 0.2) is 146 Å². The van der Waals surface area contributed by atoms with E-state index in [4.69, 9.17) is 38.5 Å². The Kier molecular flexibility index (Phi) is 13.4. The molecule has 0 spiro atoms. The summed E-state index contributed by atoms with van der Waals surface area (Å²) in [5, 5.41) is 25.8. The Bertz CT molecular complexity index is 1820. The molecule has 12 heteroatoms. The van der Waals surface area contributed by atoms with Crippen molar-refractivity contribution in [1.82, 2.24) is 29.1 Å². The second-order valence-corrected chi connectivity index (χ2v) is 11.3. The molecule has 0 aliphatic carbocycles. The average molecular weight is 725 g/mol. The molecule has 8 nitrogen and oxygen atoms in total. The summed E-state index contributed by atoms with van der Waals surface area (Å²) >= 11 is 9.53. The molecule has 4 aromatic carbocycles. The van der Waals surface area contributed by atoms with Gasteiger partial charge in [0, 0.05) is 22.3 Å². The van der Waals surface area contributed by atoms with E-state index in [-0.39, 0.29) is 33.7 Å². The molecule has 0 unspecified atom stereocenters. The number of alkyl halides is 2. The van der Waals surface area contributed by atoms with Crippen LogP contribution in [0, 0.1) is 6.92 Å². The van der Waals surface area contributed by atoms with Crippen LogP contribution in [-0.4, -0.2) is 47.8 Å². The van der Waals surface area contributed by atoms with Crippen molar-refractivity contribution < 1.29 is 27.0 Å². The van der Waals surface area contributed by atoms with Crippen molar-refractivity contribution in [3.8, 4) is 39.5 Å². The fourth-order valence-corrected chi connectivity index (χ4v) is 5.05. The van der Waals surface area contributed by atoms with Crippen molar-refractivity contribution in [2.75, 3.05) is 5.34 Å². The van der Waals surface area contributed by atoms with Gasteiger partial charge in [-0.1, -0.05) is 114 Å². The third-order valence-corrected chi connectivity index (χ3v) is 7.29. The van der Waals surface area contributed by atoms with Crippen molar-refractivity contribution >= 4 is 36.6 Å². The quantitative estimate of drug-likeness (QED) is 0.0982. The van der Waals surface area contributed by atoms with E-state index in [1.54, 1.807) is 12.1 Å². The SMILES string of the molecule is Cc1ccc([O-])c(C=O)c1.ClCCl.[Cu+2].c1ccc(-c2ccn([BH-](n3ccc(-c4ccccc4)n3)n3ccc(-c4ccccc4)n3)n2)cc1.